The second-order valence-corrected chi connectivity index (χ2v) is 7.97. The highest BCUT2D eigenvalue weighted by Gasteiger charge is 2.28. The fourth-order valence-corrected chi connectivity index (χ4v) is 4.23. The van der Waals surface area contributed by atoms with Gasteiger partial charge in [-0.1, -0.05) is 18.0 Å². The first-order valence-corrected chi connectivity index (χ1v) is 11.1. The first kappa shape index (κ1) is 21.2. The van der Waals surface area contributed by atoms with Crippen molar-refractivity contribution in [2.45, 2.75) is 51.5 Å². The van der Waals surface area contributed by atoms with E-state index in [4.69, 9.17) is 9.26 Å². The number of hydrogen-bond donors (Lipinski definition) is 0. The van der Waals surface area contributed by atoms with Crippen LogP contribution in [0.3, 0.4) is 0 Å². The van der Waals surface area contributed by atoms with Crippen molar-refractivity contribution in [1.82, 2.24) is 19.6 Å². The van der Waals surface area contributed by atoms with Gasteiger partial charge in [0.1, 0.15) is 5.75 Å². The van der Waals surface area contributed by atoms with Crippen LogP contribution in [0.4, 0.5) is 0 Å². The molecule has 2 aromatic heterocycles. The minimum Gasteiger partial charge on any atom is -0.494 e. The third kappa shape index (κ3) is 4.98. The molecule has 1 fully saturated rings. The third-order valence-corrected chi connectivity index (χ3v) is 5.84. The molecular weight excluding hydrogens is 392 g/mol. The lowest BCUT2D eigenvalue weighted by atomic mass is 10.1. The zero-order valence-electron chi connectivity index (χ0n) is 18.3. The monoisotopic (exact) mass is 422 g/mol. The van der Waals surface area contributed by atoms with Gasteiger partial charge in [0.15, 0.2) is 0 Å². The number of benzene rings is 1. The molecule has 164 valence electrons. The van der Waals surface area contributed by atoms with E-state index in [0.29, 0.717) is 31.2 Å². The molecule has 0 N–H and O–H groups in total. The molecule has 1 unspecified atom stereocenters. The number of likely N-dealkylation sites (tertiary alicyclic amines) is 1. The molecule has 31 heavy (non-hydrogen) atoms. The lowest BCUT2D eigenvalue weighted by Crippen LogP contribution is -2.35. The number of nitrogens with zero attached hydrogens (tertiary/aromatic N) is 4. The molecule has 3 heterocycles. The van der Waals surface area contributed by atoms with Crippen molar-refractivity contribution in [3.8, 4) is 17.1 Å². The van der Waals surface area contributed by atoms with Crippen molar-refractivity contribution >= 4 is 5.91 Å². The first-order valence-electron chi connectivity index (χ1n) is 11.1. The number of hydrogen-bond acceptors (Lipinski definition) is 5. The highest BCUT2D eigenvalue weighted by atomic mass is 16.5. The smallest absolute Gasteiger partial charge is 0.227 e. The molecule has 1 aliphatic rings. The third-order valence-electron chi connectivity index (χ3n) is 5.84. The zero-order valence-corrected chi connectivity index (χ0v) is 18.3. The lowest BCUT2D eigenvalue weighted by Gasteiger charge is -2.30. The standard InChI is InChI=1S/C24H30N4O3/c1-3-30-19-12-10-18(11-13-19)24-25-22(31-26-24)14-15-23(29)28-17-6-4-5-8-21(28)20-9-7-16-27(20)2/h7,9-13,16,21H,3-6,8,14-15,17H2,1-2H3. The Morgan fingerprint density at radius 3 is 2.77 bits per heavy atom. The number of carbonyl (C=O) groups is 1. The fraction of sp³-hybridized carbons (Fsp3) is 0.458. The number of amides is 1. The molecule has 0 radical (unpaired) electrons. The summed E-state index contributed by atoms with van der Waals surface area (Å²) in [6.45, 7) is 3.38. The normalized spacial score (nSPS) is 16.8. The van der Waals surface area contributed by atoms with Crippen LogP contribution in [0.1, 0.15) is 56.7 Å². The summed E-state index contributed by atoms with van der Waals surface area (Å²) in [6, 6.07) is 11.9. The van der Waals surface area contributed by atoms with Crippen LogP contribution in [0.15, 0.2) is 47.1 Å². The van der Waals surface area contributed by atoms with Gasteiger partial charge in [-0.2, -0.15) is 4.98 Å². The van der Waals surface area contributed by atoms with E-state index in [1.54, 1.807) is 0 Å². The number of carbonyl (C=O) groups excluding carboxylic acids is 1. The van der Waals surface area contributed by atoms with Gasteiger partial charge >= 0.3 is 0 Å². The molecule has 3 aromatic rings. The maximum atomic E-state index is 13.1. The van der Waals surface area contributed by atoms with Gasteiger partial charge < -0.3 is 18.7 Å². The largest absolute Gasteiger partial charge is 0.494 e. The van der Waals surface area contributed by atoms with Gasteiger partial charge in [0.05, 0.1) is 12.6 Å². The summed E-state index contributed by atoms with van der Waals surface area (Å²) in [5, 5.41) is 4.08. The second kappa shape index (κ2) is 9.81. The van der Waals surface area contributed by atoms with E-state index in [9.17, 15) is 4.79 Å². The minimum atomic E-state index is 0.136. The fourth-order valence-electron chi connectivity index (χ4n) is 4.23. The molecule has 1 amide bonds. The van der Waals surface area contributed by atoms with Crippen LogP contribution < -0.4 is 4.74 Å². The predicted molar refractivity (Wildman–Crippen MR) is 118 cm³/mol. The van der Waals surface area contributed by atoms with E-state index in [1.807, 2.05) is 55.4 Å². The SMILES string of the molecule is CCOc1ccc(-c2noc(CCC(=O)N3CCCCCC3c3cccn3C)n2)cc1. The summed E-state index contributed by atoms with van der Waals surface area (Å²) < 4.78 is 13.0. The van der Waals surface area contributed by atoms with Crippen molar-refractivity contribution < 1.29 is 14.1 Å². The van der Waals surface area contributed by atoms with Crippen molar-refractivity contribution in [3.63, 3.8) is 0 Å². The zero-order chi connectivity index (χ0) is 21.6. The van der Waals surface area contributed by atoms with Crippen molar-refractivity contribution in [2.75, 3.05) is 13.2 Å². The molecule has 7 nitrogen and oxygen atoms in total. The molecule has 0 spiro atoms. The second-order valence-electron chi connectivity index (χ2n) is 7.97. The number of rotatable bonds is 7. The summed E-state index contributed by atoms with van der Waals surface area (Å²) in [5.41, 5.74) is 2.06. The van der Waals surface area contributed by atoms with Crippen LogP contribution in [0.5, 0.6) is 5.75 Å². The molecule has 1 aliphatic heterocycles. The van der Waals surface area contributed by atoms with Crippen LogP contribution in [-0.4, -0.2) is 38.7 Å². The molecular formula is C24H30N4O3. The van der Waals surface area contributed by atoms with Gasteiger partial charge in [0, 0.05) is 43.9 Å². The Bertz CT molecular complexity index is 992. The number of aromatic nitrogens is 3. The van der Waals surface area contributed by atoms with E-state index in [0.717, 1.165) is 37.1 Å². The molecule has 0 bridgehead atoms. The van der Waals surface area contributed by atoms with Gasteiger partial charge in [0.2, 0.25) is 17.6 Å². The summed E-state index contributed by atoms with van der Waals surface area (Å²) in [7, 11) is 2.05. The van der Waals surface area contributed by atoms with E-state index >= 15 is 0 Å². The summed E-state index contributed by atoms with van der Waals surface area (Å²) in [6.07, 6.45) is 7.23. The Hall–Kier alpha value is -3.09. The highest BCUT2D eigenvalue weighted by molar-refractivity contribution is 5.77. The van der Waals surface area contributed by atoms with E-state index in [1.165, 1.54) is 12.1 Å². The van der Waals surface area contributed by atoms with Crippen LogP contribution in [0.2, 0.25) is 0 Å². The molecule has 0 aliphatic carbocycles. The molecule has 4 rings (SSSR count). The van der Waals surface area contributed by atoms with Crippen LogP contribution in [0, 0.1) is 0 Å². The Morgan fingerprint density at radius 1 is 1.19 bits per heavy atom. The number of aryl methyl sites for hydroxylation is 2. The Balaban J connectivity index is 1.40. The van der Waals surface area contributed by atoms with Crippen LogP contribution >= 0.6 is 0 Å². The molecule has 1 atom stereocenters. The average molecular weight is 423 g/mol. The summed E-state index contributed by atoms with van der Waals surface area (Å²) in [4.78, 5) is 19.7. The quantitative estimate of drug-likeness (QED) is 0.558. The average Bonchev–Trinajstić information content (AvgIpc) is 3.35. The van der Waals surface area contributed by atoms with Gasteiger partial charge in [-0.05, 0) is 56.2 Å². The highest BCUT2D eigenvalue weighted by Crippen LogP contribution is 2.31. The van der Waals surface area contributed by atoms with Crippen molar-refractivity contribution in [1.29, 1.82) is 0 Å². The number of ether oxygens (including phenoxy) is 1. The Kier molecular flexibility index (Phi) is 6.70. The van der Waals surface area contributed by atoms with Crippen LogP contribution in [0.25, 0.3) is 11.4 Å². The summed E-state index contributed by atoms with van der Waals surface area (Å²) in [5.74, 6) is 1.98. The molecule has 1 saturated heterocycles. The minimum absolute atomic E-state index is 0.136. The summed E-state index contributed by atoms with van der Waals surface area (Å²) >= 11 is 0. The predicted octanol–water partition coefficient (Wildman–Crippen LogP) is 4.55. The van der Waals surface area contributed by atoms with Gasteiger partial charge in [-0.25, -0.2) is 0 Å². The van der Waals surface area contributed by atoms with Crippen molar-refractivity contribution in [3.05, 3.63) is 54.2 Å². The lowest BCUT2D eigenvalue weighted by molar-refractivity contribution is -0.133. The maximum absolute atomic E-state index is 13.1. The molecule has 1 aromatic carbocycles. The Labute approximate surface area is 183 Å². The topological polar surface area (TPSA) is 73.4 Å². The van der Waals surface area contributed by atoms with E-state index in [-0.39, 0.29) is 11.9 Å². The van der Waals surface area contributed by atoms with Gasteiger partial charge in [-0.15, -0.1) is 0 Å². The van der Waals surface area contributed by atoms with Gasteiger partial charge in [0.25, 0.3) is 0 Å². The van der Waals surface area contributed by atoms with E-state index < -0.39 is 0 Å². The Morgan fingerprint density at radius 2 is 2.03 bits per heavy atom. The molecule has 0 saturated carbocycles. The maximum Gasteiger partial charge on any atom is 0.227 e. The van der Waals surface area contributed by atoms with Gasteiger partial charge in [-0.3, -0.25) is 4.79 Å². The molecule has 7 heteroatoms. The first-order chi connectivity index (χ1) is 15.2. The van der Waals surface area contributed by atoms with E-state index in [2.05, 4.69) is 20.8 Å². The van der Waals surface area contributed by atoms with Crippen molar-refractivity contribution in [2.24, 2.45) is 7.05 Å². The van der Waals surface area contributed by atoms with Crippen LogP contribution in [-0.2, 0) is 18.3 Å².